The molecule has 3 heteroatoms. The van der Waals surface area contributed by atoms with Gasteiger partial charge in [-0.15, -0.1) is 0 Å². The van der Waals surface area contributed by atoms with Gasteiger partial charge in [0.1, 0.15) is 6.10 Å². The minimum atomic E-state index is -0.674. The number of rotatable bonds is 2. The van der Waals surface area contributed by atoms with Gasteiger partial charge < -0.3 is 10.3 Å². The second kappa shape index (κ2) is 4.11. The number of aliphatic hydroxyl groups is 1. The molecule has 76 valence electrons. The Bertz CT molecular complexity index is 425. The van der Waals surface area contributed by atoms with Crippen LogP contribution in [0.2, 0.25) is 0 Å². The third-order valence-corrected chi connectivity index (χ3v) is 2.26. The predicted molar refractivity (Wildman–Crippen MR) is 55.9 cm³/mol. The van der Waals surface area contributed by atoms with Crippen LogP contribution in [0.4, 0.5) is 0 Å². The summed E-state index contributed by atoms with van der Waals surface area (Å²) in [6.45, 7) is 0. The summed E-state index contributed by atoms with van der Waals surface area (Å²) >= 11 is 0. The predicted octanol–water partition coefficient (Wildman–Crippen LogP) is 1.40. The zero-order chi connectivity index (χ0) is 10.7. The second-order valence-electron chi connectivity index (χ2n) is 3.30. The van der Waals surface area contributed by atoms with Crippen molar-refractivity contribution in [2.24, 2.45) is 0 Å². The van der Waals surface area contributed by atoms with Crippen LogP contribution in [0.1, 0.15) is 17.2 Å². The van der Waals surface area contributed by atoms with Gasteiger partial charge in [0.25, 0.3) is 0 Å². The summed E-state index contributed by atoms with van der Waals surface area (Å²) in [5.41, 5.74) is 1.54. The van der Waals surface area contributed by atoms with E-state index in [9.17, 15) is 10.3 Å². The molecule has 0 aliphatic carbocycles. The van der Waals surface area contributed by atoms with Crippen LogP contribution in [0.3, 0.4) is 0 Å². The quantitative estimate of drug-likeness (QED) is 0.589. The van der Waals surface area contributed by atoms with Crippen LogP contribution in [-0.2, 0) is 0 Å². The topological polar surface area (TPSA) is 47.2 Å². The summed E-state index contributed by atoms with van der Waals surface area (Å²) in [6.07, 6.45) is 2.08. The molecule has 0 spiro atoms. The van der Waals surface area contributed by atoms with Gasteiger partial charge >= 0.3 is 0 Å². The molecule has 1 heterocycles. The minimum Gasteiger partial charge on any atom is -0.619 e. The van der Waals surface area contributed by atoms with Crippen LogP contribution < -0.4 is 4.73 Å². The summed E-state index contributed by atoms with van der Waals surface area (Å²) in [4.78, 5) is 0. The lowest BCUT2D eigenvalue weighted by Gasteiger charge is -2.10. The maximum absolute atomic E-state index is 10.8. The first-order valence-corrected chi connectivity index (χ1v) is 4.69. The lowest BCUT2D eigenvalue weighted by Crippen LogP contribution is -2.24. The molecule has 0 saturated heterocycles. The van der Waals surface area contributed by atoms with Crippen molar-refractivity contribution in [3.8, 4) is 0 Å². The van der Waals surface area contributed by atoms with Gasteiger partial charge in [0.05, 0.1) is 0 Å². The molecular formula is C12H11NO2. The molecule has 0 saturated carbocycles. The maximum atomic E-state index is 10.8. The SMILES string of the molecule is [O-][n+]1ccc([C@H](O)c2ccccc2)cc1. The molecule has 0 radical (unpaired) electrons. The Balaban J connectivity index is 2.29. The van der Waals surface area contributed by atoms with Gasteiger partial charge in [-0.3, -0.25) is 0 Å². The molecule has 0 amide bonds. The van der Waals surface area contributed by atoms with Crippen molar-refractivity contribution < 1.29 is 9.84 Å². The third kappa shape index (κ3) is 2.14. The van der Waals surface area contributed by atoms with Crippen molar-refractivity contribution in [3.05, 3.63) is 71.2 Å². The van der Waals surface area contributed by atoms with Crippen molar-refractivity contribution in [2.75, 3.05) is 0 Å². The highest BCUT2D eigenvalue weighted by molar-refractivity contribution is 5.27. The highest BCUT2D eigenvalue weighted by Crippen LogP contribution is 2.19. The molecule has 15 heavy (non-hydrogen) atoms. The van der Waals surface area contributed by atoms with Crippen LogP contribution >= 0.6 is 0 Å². The summed E-state index contributed by atoms with van der Waals surface area (Å²) in [7, 11) is 0. The fourth-order valence-electron chi connectivity index (χ4n) is 1.43. The van der Waals surface area contributed by atoms with Gasteiger partial charge in [-0.25, -0.2) is 0 Å². The van der Waals surface area contributed by atoms with Crippen LogP contribution in [0.25, 0.3) is 0 Å². The Labute approximate surface area is 87.8 Å². The standard InChI is InChI=1S/C12H11NO2/c14-12(10-4-2-1-3-5-10)11-6-8-13(15)9-7-11/h1-9,12,14H/t12-/m1/s1. The van der Waals surface area contributed by atoms with E-state index in [1.165, 1.54) is 12.4 Å². The minimum absolute atomic E-state index is 0.674. The number of benzene rings is 1. The summed E-state index contributed by atoms with van der Waals surface area (Å²) in [5, 5.41) is 20.8. The van der Waals surface area contributed by atoms with E-state index in [1.54, 1.807) is 12.1 Å². The molecule has 1 N–H and O–H groups in total. The molecule has 0 fully saturated rings. The number of pyridine rings is 1. The number of hydrogen-bond donors (Lipinski definition) is 1. The van der Waals surface area contributed by atoms with Crippen LogP contribution in [0.15, 0.2) is 54.9 Å². The number of aromatic nitrogens is 1. The molecule has 0 bridgehead atoms. The first-order valence-electron chi connectivity index (χ1n) is 4.69. The van der Waals surface area contributed by atoms with E-state index in [2.05, 4.69) is 0 Å². The fourth-order valence-corrected chi connectivity index (χ4v) is 1.43. The lowest BCUT2D eigenvalue weighted by molar-refractivity contribution is -0.605. The Morgan fingerprint density at radius 1 is 0.933 bits per heavy atom. The Morgan fingerprint density at radius 3 is 2.07 bits per heavy atom. The van der Waals surface area contributed by atoms with Gasteiger partial charge in [0.15, 0.2) is 12.4 Å². The maximum Gasteiger partial charge on any atom is 0.180 e. The summed E-state index contributed by atoms with van der Waals surface area (Å²) in [5.74, 6) is 0. The van der Waals surface area contributed by atoms with E-state index >= 15 is 0 Å². The first kappa shape index (κ1) is 9.68. The first-order chi connectivity index (χ1) is 7.27. The zero-order valence-corrected chi connectivity index (χ0v) is 8.08. The van der Waals surface area contributed by atoms with Crippen molar-refractivity contribution >= 4 is 0 Å². The highest BCUT2D eigenvalue weighted by atomic mass is 16.5. The van der Waals surface area contributed by atoms with Crippen LogP contribution in [0.5, 0.6) is 0 Å². The molecule has 0 aliphatic heterocycles. The van der Waals surface area contributed by atoms with Gasteiger partial charge in [0.2, 0.25) is 0 Å². The van der Waals surface area contributed by atoms with Gasteiger partial charge in [-0.05, 0) is 11.1 Å². The lowest BCUT2D eigenvalue weighted by atomic mass is 10.0. The number of hydrogen-bond acceptors (Lipinski definition) is 2. The molecule has 3 nitrogen and oxygen atoms in total. The highest BCUT2D eigenvalue weighted by Gasteiger charge is 2.10. The van der Waals surface area contributed by atoms with E-state index in [0.717, 1.165) is 5.56 Å². The van der Waals surface area contributed by atoms with E-state index in [0.29, 0.717) is 10.3 Å². The van der Waals surface area contributed by atoms with Crippen LogP contribution in [-0.4, -0.2) is 5.11 Å². The number of nitrogens with zero attached hydrogens (tertiary/aromatic N) is 1. The largest absolute Gasteiger partial charge is 0.619 e. The molecule has 1 atom stereocenters. The van der Waals surface area contributed by atoms with Crippen molar-refractivity contribution in [2.45, 2.75) is 6.10 Å². The molecular weight excluding hydrogens is 190 g/mol. The fraction of sp³-hybridized carbons (Fsp3) is 0.0833. The van der Waals surface area contributed by atoms with Crippen molar-refractivity contribution in [3.63, 3.8) is 0 Å². The summed E-state index contributed by atoms with van der Waals surface area (Å²) < 4.78 is 0.696. The molecule has 0 aliphatic rings. The van der Waals surface area contributed by atoms with Crippen LogP contribution in [0, 0.1) is 5.21 Å². The van der Waals surface area contributed by atoms with Gasteiger partial charge in [-0.2, -0.15) is 4.73 Å². The molecule has 1 aromatic carbocycles. The normalized spacial score (nSPS) is 12.3. The monoisotopic (exact) mass is 201 g/mol. The van der Waals surface area contributed by atoms with Gasteiger partial charge in [0, 0.05) is 12.1 Å². The molecule has 2 aromatic rings. The number of aliphatic hydroxyl groups excluding tert-OH is 1. The Kier molecular flexibility index (Phi) is 2.65. The third-order valence-electron chi connectivity index (χ3n) is 2.26. The summed E-state index contributed by atoms with van der Waals surface area (Å²) in [6, 6.07) is 12.6. The molecule has 1 aromatic heterocycles. The van der Waals surface area contributed by atoms with E-state index in [-0.39, 0.29) is 0 Å². The second-order valence-corrected chi connectivity index (χ2v) is 3.30. The molecule has 2 rings (SSSR count). The smallest absolute Gasteiger partial charge is 0.180 e. The van der Waals surface area contributed by atoms with E-state index in [4.69, 9.17) is 0 Å². The van der Waals surface area contributed by atoms with Crippen molar-refractivity contribution in [1.82, 2.24) is 0 Å². The zero-order valence-electron chi connectivity index (χ0n) is 8.08. The van der Waals surface area contributed by atoms with E-state index in [1.807, 2.05) is 30.3 Å². The Morgan fingerprint density at radius 2 is 1.47 bits per heavy atom. The average molecular weight is 201 g/mol. The van der Waals surface area contributed by atoms with Gasteiger partial charge in [-0.1, -0.05) is 30.3 Å². The van der Waals surface area contributed by atoms with E-state index < -0.39 is 6.10 Å². The van der Waals surface area contributed by atoms with Crippen molar-refractivity contribution in [1.29, 1.82) is 0 Å². The average Bonchev–Trinajstić information content (AvgIpc) is 2.30. The molecule has 0 unspecified atom stereocenters. The Hall–Kier alpha value is -1.87.